The molecular formula is C14H22N5O+. The van der Waals surface area contributed by atoms with Crippen molar-refractivity contribution < 1.29 is 10.1 Å². The molecule has 1 saturated heterocycles. The Hall–Kier alpha value is -1.92. The third-order valence-corrected chi connectivity index (χ3v) is 3.52. The van der Waals surface area contributed by atoms with E-state index in [1.165, 1.54) is 6.21 Å². The minimum Gasteiger partial charge on any atom is -0.493 e. The van der Waals surface area contributed by atoms with Crippen molar-refractivity contribution >= 4 is 17.6 Å². The van der Waals surface area contributed by atoms with Gasteiger partial charge in [-0.05, 0) is 6.07 Å². The van der Waals surface area contributed by atoms with Gasteiger partial charge in [0.25, 0.3) is 0 Å². The molecule has 0 atom stereocenters. The predicted octanol–water partition coefficient (Wildman–Crippen LogP) is -0.0217. The van der Waals surface area contributed by atoms with Crippen molar-refractivity contribution in [3.8, 4) is 5.75 Å². The van der Waals surface area contributed by atoms with Gasteiger partial charge >= 0.3 is 0 Å². The second-order valence-corrected chi connectivity index (χ2v) is 4.86. The van der Waals surface area contributed by atoms with E-state index in [2.05, 4.69) is 15.6 Å². The summed E-state index contributed by atoms with van der Waals surface area (Å²) in [5.41, 5.74) is 7.36. The average Bonchev–Trinajstić information content (AvgIpc) is 2.50. The summed E-state index contributed by atoms with van der Waals surface area (Å²) in [4.78, 5) is 4.10. The highest BCUT2D eigenvalue weighted by Crippen LogP contribution is 2.22. The molecule has 2 heterocycles. The van der Waals surface area contributed by atoms with Crippen molar-refractivity contribution in [1.82, 2.24) is 10.3 Å². The third-order valence-electron chi connectivity index (χ3n) is 3.52. The first kappa shape index (κ1) is 14.5. The fourth-order valence-electron chi connectivity index (χ4n) is 2.28. The van der Waals surface area contributed by atoms with E-state index in [1.807, 2.05) is 12.3 Å². The molecule has 6 nitrogen and oxygen atoms in total. The normalized spacial score (nSPS) is 16.9. The SMILES string of the molecule is COc1cc(/C(C=N)=C/[NH2+]C2CCNCC2)cnc1N. The number of ether oxygens (including phenoxy) is 1. The van der Waals surface area contributed by atoms with Crippen molar-refractivity contribution in [2.24, 2.45) is 0 Å². The predicted molar refractivity (Wildman–Crippen MR) is 79.8 cm³/mol. The van der Waals surface area contributed by atoms with E-state index in [-0.39, 0.29) is 0 Å². The number of nitrogen functional groups attached to an aromatic ring is 1. The number of hydrogen-bond acceptors (Lipinski definition) is 5. The van der Waals surface area contributed by atoms with Crippen LogP contribution >= 0.6 is 0 Å². The molecule has 0 amide bonds. The molecule has 0 spiro atoms. The fraction of sp³-hybridized carbons (Fsp3) is 0.429. The number of piperidine rings is 1. The molecule has 1 fully saturated rings. The van der Waals surface area contributed by atoms with Crippen LogP contribution in [-0.4, -0.2) is 37.4 Å². The summed E-state index contributed by atoms with van der Waals surface area (Å²) < 4.78 is 5.17. The molecule has 0 aliphatic carbocycles. The standard InChI is InChI=1S/C14H21N5O/c1-20-13-6-10(8-19-14(13)16)11(7-15)9-18-12-2-4-17-5-3-12/h6-9,12,15,17-18H,2-5H2,1H3,(H2,16,19)/p+1/b11-9+,15-7?. The van der Waals surface area contributed by atoms with E-state index in [9.17, 15) is 0 Å². The van der Waals surface area contributed by atoms with Crippen LogP contribution in [0.15, 0.2) is 18.5 Å². The molecule has 1 aliphatic rings. The van der Waals surface area contributed by atoms with Gasteiger partial charge in [-0.2, -0.15) is 0 Å². The number of nitrogens with one attached hydrogen (secondary N) is 2. The Morgan fingerprint density at radius 3 is 2.95 bits per heavy atom. The van der Waals surface area contributed by atoms with Gasteiger partial charge in [0.1, 0.15) is 6.20 Å². The summed E-state index contributed by atoms with van der Waals surface area (Å²) in [6.45, 7) is 2.12. The van der Waals surface area contributed by atoms with E-state index >= 15 is 0 Å². The van der Waals surface area contributed by atoms with Crippen molar-refractivity contribution in [2.45, 2.75) is 18.9 Å². The lowest BCUT2D eigenvalue weighted by Gasteiger charge is -2.19. The monoisotopic (exact) mass is 276 g/mol. The topological polar surface area (TPSA) is 101 Å². The zero-order chi connectivity index (χ0) is 14.4. The van der Waals surface area contributed by atoms with Gasteiger partial charge in [0.2, 0.25) is 0 Å². The van der Waals surface area contributed by atoms with E-state index in [0.29, 0.717) is 17.6 Å². The summed E-state index contributed by atoms with van der Waals surface area (Å²) in [5, 5.41) is 13.1. The fourth-order valence-corrected chi connectivity index (χ4v) is 2.28. The van der Waals surface area contributed by atoms with E-state index < -0.39 is 0 Å². The van der Waals surface area contributed by atoms with Crippen LogP contribution in [0.3, 0.4) is 0 Å². The lowest BCUT2D eigenvalue weighted by Crippen LogP contribution is -2.86. The number of methoxy groups -OCH3 is 1. The molecule has 0 radical (unpaired) electrons. The molecule has 20 heavy (non-hydrogen) atoms. The molecule has 6 N–H and O–H groups in total. The summed E-state index contributed by atoms with van der Waals surface area (Å²) in [5.74, 6) is 0.903. The third kappa shape index (κ3) is 3.55. The van der Waals surface area contributed by atoms with E-state index in [0.717, 1.165) is 37.1 Å². The zero-order valence-corrected chi connectivity index (χ0v) is 11.7. The minimum absolute atomic E-state index is 0.364. The number of rotatable bonds is 5. The van der Waals surface area contributed by atoms with Gasteiger partial charge in [0.05, 0.1) is 18.7 Å². The molecular weight excluding hydrogens is 254 g/mol. The number of quaternary nitrogens is 1. The Balaban J connectivity index is 2.12. The van der Waals surface area contributed by atoms with Crippen molar-refractivity contribution in [3.63, 3.8) is 0 Å². The molecule has 6 heteroatoms. The summed E-state index contributed by atoms with van der Waals surface area (Å²) in [6.07, 6.45) is 7.29. The Labute approximate surface area is 118 Å². The number of hydrogen-bond donors (Lipinski definition) is 4. The maximum Gasteiger partial charge on any atom is 0.166 e. The number of allylic oxidation sites excluding steroid dienone is 1. The smallest absolute Gasteiger partial charge is 0.166 e. The van der Waals surface area contributed by atoms with Gasteiger partial charge in [-0.1, -0.05) is 0 Å². The highest BCUT2D eigenvalue weighted by atomic mass is 16.5. The molecule has 0 unspecified atom stereocenters. The molecule has 2 rings (SSSR count). The molecule has 0 bridgehead atoms. The first-order chi connectivity index (χ1) is 9.74. The van der Waals surface area contributed by atoms with Crippen LogP contribution in [0.5, 0.6) is 5.75 Å². The van der Waals surface area contributed by atoms with Gasteiger partial charge in [0, 0.05) is 43.9 Å². The highest BCUT2D eigenvalue weighted by Gasteiger charge is 2.15. The summed E-state index contributed by atoms with van der Waals surface area (Å²) in [7, 11) is 1.56. The number of nitrogens with two attached hydrogens (primary N) is 2. The number of anilines is 1. The maximum absolute atomic E-state index is 7.57. The Kier molecular flexibility index (Phi) is 5.09. The van der Waals surface area contributed by atoms with E-state index in [1.54, 1.807) is 13.3 Å². The van der Waals surface area contributed by atoms with Crippen LogP contribution in [0.4, 0.5) is 5.82 Å². The minimum atomic E-state index is 0.364. The molecule has 0 aromatic carbocycles. The lowest BCUT2D eigenvalue weighted by atomic mass is 10.1. The van der Waals surface area contributed by atoms with Crippen molar-refractivity contribution in [1.29, 1.82) is 5.41 Å². The van der Waals surface area contributed by atoms with Gasteiger partial charge in [-0.3, -0.25) is 0 Å². The Bertz CT molecular complexity index is 494. The second-order valence-electron chi connectivity index (χ2n) is 4.86. The van der Waals surface area contributed by atoms with Crippen molar-refractivity contribution in [3.05, 3.63) is 24.0 Å². The molecule has 108 valence electrons. The van der Waals surface area contributed by atoms with Crippen LogP contribution in [0.25, 0.3) is 5.57 Å². The quantitative estimate of drug-likeness (QED) is 0.568. The largest absolute Gasteiger partial charge is 0.493 e. The van der Waals surface area contributed by atoms with Gasteiger partial charge in [0.15, 0.2) is 11.6 Å². The zero-order valence-electron chi connectivity index (χ0n) is 11.7. The van der Waals surface area contributed by atoms with Gasteiger partial charge in [-0.25, -0.2) is 4.98 Å². The molecule has 1 aromatic rings. The number of pyridine rings is 1. The van der Waals surface area contributed by atoms with Crippen LogP contribution in [0, 0.1) is 5.41 Å². The van der Waals surface area contributed by atoms with Crippen LogP contribution in [0.2, 0.25) is 0 Å². The molecule has 0 saturated carbocycles. The van der Waals surface area contributed by atoms with E-state index in [4.69, 9.17) is 15.9 Å². The molecule has 1 aromatic heterocycles. The van der Waals surface area contributed by atoms with Crippen LogP contribution < -0.4 is 21.1 Å². The Morgan fingerprint density at radius 2 is 2.30 bits per heavy atom. The lowest BCUT2D eigenvalue weighted by molar-refractivity contribution is -0.627. The van der Waals surface area contributed by atoms with Crippen LogP contribution in [0.1, 0.15) is 18.4 Å². The number of aromatic nitrogens is 1. The Morgan fingerprint density at radius 1 is 1.55 bits per heavy atom. The second kappa shape index (κ2) is 7.02. The number of nitrogens with zero attached hydrogens (tertiary/aromatic N) is 1. The first-order valence-corrected chi connectivity index (χ1v) is 6.81. The van der Waals surface area contributed by atoms with Crippen LogP contribution in [-0.2, 0) is 0 Å². The molecule has 1 aliphatic heterocycles. The summed E-state index contributed by atoms with van der Waals surface area (Å²) >= 11 is 0. The first-order valence-electron chi connectivity index (χ1n) is 6.81. The van der Waals surface area contributed by atoms with Gasteiger partial charge in [-0.15, -0.1) is 0 Å². The maximum atomic E-state index is 7.57. The summed E-state index contributed by atoms with van der Waals surface area (Å²) in [6, 6.07) is 2.39. The highest BCUT2D eigenvalue weighted by molar-refractivity contribution is 6.07. The average molecular weight is 276 g/mol. The van der Waals surface area contributed by atoms with Crippen molar-refractivity contribution in [2.75, 3.05) is 25.9 Å². The van der Waals surface area contributed by atoms with Gasteiger partial charge < -0.3 is 26.5 Å².